The number of hydrogen-bond acceptors (Lipinski definition) is 1. The zero-order chi connectivity index (χ0) is 14.2. The molecule has 0 bridgehead atoms. The molecule has 1 heteroatoms. The monoisotopic (exact) mass is 250 g/mol. The largest absolute Gasteiger partial charge is 0.298 e. The van der Waals surface area contributed by atoms with Crippen LogP contribution in [0.1, 0.15) is 70.7 Å². The van der Waals surface area contributed by atoms with E-state index in [2.05, 4.69) is 20.8 Å². The van der Waals surface area contributed by atoms with Crippen LogP contribution in [0.15, 0.2) is 30.3 Å². The molecule has 0 saturated carbocycles. The molecule has 1 aromatic carbocycles. The van der Waals surface area contributed by atoms with Gasteiger partial charge in [0, 0.05) is 5.56 Å². The minimum absolute atomic E-state index is 0.729. The van der Waals surface area contributed by atoms with Gasteiger partial charge in [-0.2, -0.15) is 0 Å². The van der Waals surface area contributed by atoms with Gasteiger partial charge in [0.2, 0.25) is 0 Å². The molecule has 0 unspecified atom stereocenters. The van der Waals surface area contributed by atoms with E-state index in [0.29, 0.717) is 0 Å². The third-order valence-electron chi connectivity index (χ3n) is 2.50. The molecular weight excluding hydrogens is 220 g/mol. The second-order valence-corrected chi connectivity index (χ2v) is 4.21. The number of rotatable bonds is 5. The summed E-state index contributed by atoms with van der Waals surface area (Å²) >= 11 is 0. The van der Waals surface area contributed by atoms with Gasteiger partial charge in [-0.1, -0.05) is 90.6 Å². The van der Waals surface area contributed by atoms with E-state index < -0.39 is 0 Å². The first-order valence-corrected chi connectivity index (χ1v) is 7.24. The Kier molecular flexibility index (Phi) is 17.0. The second kappa shape index (κ2) is 15.9. The van der Waals surface area contributed by atoms with E-state index in [4.69, 9.17) is 0 Å². The highest BCUT2D eigenvalue weighted by molar-refractivity contribution is 5.74. The van der Waals surface area contributed by atoms with Gasteiger partial charge < -0.3 is 0 Å². The van der Waals surface area contributed by atoms with Crippen molar-refractivity contribution in [2.45, 2.75) is 60.3 Å². The Bertz CT molecular complexity index is 248. The summed E-state index contributed by atoms with van der Waals surface area (Å²) < 4.78 is 0. The summed E-state index contributed by atoms with van der Waals surface area (Å²) in [7, 11) is 0. The molecule has 0 spiro atoms. The van der Waals surface area contributed by atoms with Crippen molar-refractivity contribution >= 4 is 6.29 Å². The summed E-state index contributed by atoms with van der Waals surface area (Å²) in [5.74, 6) is 0.963. The van der Waals surface area contributed by atoms with Gasteiger partial charge in [0.05, 0.1) is 0 Å². The fourth-order valence-electron chi connectivity index (χ4n) is 1.66. The highest BCUT2D eigenvalue weighted by atomic mass is 16.1. The van der Waals surface area contributed by atoms with Crippen molar-refractivity contribution < 1.29 is 4.79 Å². The van der Waals surface area contributed by atoms with Crippen molar-refractivity contribution in [3.63, 3.8) is 0 Å². The van der Waals surface area contributed by atoms with Crippen LogP contribution in [0.2, 0.25) is 0 Å². The Hall–Kier alpha value is -1.11. The van der Waals surface area contributed by atoms with Crippen molar-refractivity contribution in [2.24, 2.45) is 5.92 Å². The molecule has 1 nitrogen and oxygen atoms in total. The van der Waals surface area contributed by atoms with Crippen LogP contribution < -0.4 is 0 Å². The van der Waals surface area contributed by atoms with Crippen LogP contribution >= 0.6 is 0 Å². The van der Waals surface area contributed by atoms with E-state index in [1.807, 2.05) is 32.0 Å². The van der Waals surface area contributed by atoms with E-state index >= 15 is 0 Å². The SMILES string of the molecule is CC.CCCC(C)CCC.O=Cc1ccccc1. The van der Waals surface area contributed by atoms with Gasteiger partial charge >= 0.3 is 0 Å². The molecule has 0 atom stereocenters. The summed E-state index contributed by atoms with van der Waals surface area (Å²) in [6.45, 7) is 10.9. The normalized spacial score (nSPS) is 8.78. The van der Waals surface area contributed by atoms with E-state index in [-0.39, 0.29) is 0 Å². The van der Waals surface area contributed by atoms with Crippen LogP contribution in [-0.4, -0.2) is 6.29 Å². The number of benzene rings is 1. The molecule has 0 fully saturated rings. The number of carbonyl (C=O) groups excluding carboxylic acids is 1. The molecule has 1 rings (SSSR count). The highest BCUT2D eigenvalue weighted by Crippen LogP contribution is 2.10. The van der Waals surface area contributed by atoms with E-state index in [1.54, 1.807) is 12.1 Å². The molecule has 0 aliphatic carbocycles. The Labute approximate surface area is 114 Å². The first-order chi connectivity index (χ1) is 8.74. The molecule has 0 N–H and O–H groups in total. The molecule has 18 heavy (non-hydrogen) atoms. The molecular formula is C17H30O. The maximum atomic E-state index is 10.0. The number of aldehydes is 1. The van der Waals surface area contributed by atoms with Crippen LogP contribution in [0.3, 0.4) is 0 Å². The molecule has 1 aromatic rings. The van der Waals surface area contributed by atoms with Crippen LogP contribution in [0.25, 0.3) is 0 Å². The Balaban J connectivity index is 0. The number of carbonyl (C=O) groups is 1. The predicted molar refractivity (Wildman–Crippen MR) is 82.2 cm³/mol. The van der Waals surface area contributed by atoms with Crippen molar-refractivity contribution in [3.05, 3.63) is 35.9 Å². The number of hydrogen-bond donors (Lipinski definition) is 0. The first kappa shape index (κ1) is 19.2. The lowest BCUT2D eigenvalue weighted by Crippen LogP contribution is -1.91. The van der Waals surface area contributed by atoms with Gasteiger partial charge in [-0.05, 0) is 5.92 Å². The molecule has 0 aliphatic heterocycles. The second-order valence-electron chi connectivity index (χ2n) is 4.21. The lowest BCUT2D eigenvalue weighted by atomic mass is 10.0. The topological polar surface area (TPSA) is 17.1 Å². The van der Waals surface area contributed by atoms with Crippen LogP contribution in [0.5, 0.6) is 0 Å². The van der Waals surface area contributed by atoms with Gasteiger partial charge in [-0.3, -0.25) is 4.79 Å². The van der Waals surface area contributed by atoms with Crippen molar-refractivity contribution in [1.29, 1.82) is 0 Å². The van der Waals surface area contributed by atoms with Crippen molar-refractivity contribution in [2.75, 3.05) is 0 Å². The van der Waals surface area contributed by atoms with Gasteiger partial charge in [-0.25, -0.2) is 0 Å². The highest BCUT2D eigenvalue weighted by Gasteiger charge is 1.95. The van der Waals surface area contributed by atoms with Crippen LogP contribution in [0.4, 0.5) is 0 Å². The molecule has 104 valence electrons. The summed E-state index contributed by atoms with van der Waals surface area (Å²) in [5, 5.41) is 0. The Morgan fingerprint density at radius 2 is 1.44 bits per heavy atom. The predicted octanol–water partition coefficient (Wildman–Crippen LogP) is 5.75. The summed E-state index contributed by atoms with van der Waals surface area (Å²) in [6.07, 6.45) is 6.35. The van der Waals surface area contributed by atoms with Gasteiger partial charge in [0.25, 0.3) is 0 Å². The zero-order valence-corrected chi connectivity index (χ0v) is 12.8. The third kappa shape index (κ3) is 13.0. The van der Waals surface area contributed by atoms with E-state index in [0.717, 1.165) is 17.8 Å². The smallest absolute Gasteiger partial charge is 0.150 e. The molecule has 0 heterocycles. The zero-order valence-electron chi connectivity index (χ0n) is 12.8. The van der Waals surface area contributed by atoms with E-state index in [1.165, 1.54) is 25.7 Å². The maximum absolute atomic E-state index is 10.0. The average Bonchev–Trinajstić information content (AvgIpc) is 2.43. The Morgan fingerprint density at radius 3 is 1.72 bits per heavy atom. The van der Waals surface area contributed by atoms with Gasteiger partial charge in [0.15, 0.2) is 0 Å². The molecule has 0 amide bonds. The summed E-state index contributed by atoms with van der Waals surface area (Å²) in [6, 6.07) is 9.10. The lowest BCUT2D eigenvalue weighted by molar-refractivity contribution is 0.112. The van der Waals surface area contributed by atoms with Gasteiger partial charge in [0.1, 0.15) is 6.29 Å². The standard InChI is InChI=1S/C8H18.C7H6O.C2H6/c1-4-6-8(3)7-5-2;8-6-7-4-2-1-3-5-7;1-2/h8H,4-7H2,1-3H3;1-6H;1-2H3. The molecule has 0 saturated heterocycles. The fraction of sp³-hybridized carbons (Fsp3) is 0.588. The minimum Gasteiger partial charge on any atom is -0.298 e. The van der Waals surface area contributed by atoms with Crippen LogP contribution in [0, 0.1) is 5.92 Å². The average molecular weight is 250 g/mol. The fourth-order valence-corrected chi connectivity index (χ4v) is 1.66. The van der Waals surface area contributed by atoms with Crippen LogP contribution in [-0.2, 0) is 0 Å². The Morgan fingerprint density at radius 1 is 1.00 bits per heavy atom. The lowest BCUT2D eigenvalue weighted by Gasteiger charge is -2.05. The first-order valence-electron chi connectivity index (χ1n) is 7.24. The third-order valence-corrected chi connectivity index (χ3v) is 2.50. The minimum atomic E-state index is 0.729. The maximum Gasteiger partial charge on any atom is 0.150 e. The quantitative estimate of drug-likeness (QED) is 0.608. The molecule has 0 aliphatic rings. The summed E-state index contributed by atoms with van der Waals surface area (Å²) in [4.78, 5) is 10.0. The van der Waals surface area contributed by atoms with E-state index in [9.17, 15) is 4.79 Å². The van der Waals surface area contributed by atoms with Gasteiger partial charge in [-0.15, -0.1) is 0 Å². The summed E-state index contributed by atoms with van der Waals surface area (Å²) in [5.41, 5.74) is 0.729. The molecule has 0 radical (unpaired) electrons. The molecule has 0 aromatic heterocycles. The van der Waals surface area contributed by atoms with Crippen molar-refractivity contribution in [3.8, 4) is 0 Å². The van der Waals surface area contributed by atoms with Crippen molar-refractivity contribution in [1.82, 2.24) is 0 Å².